The molecule has 1 nitrogen and oxygen atoms in total. The van der Waals surface area contributed by atoms with Crippen LogP contribution >= 0.6 is 11.8 Å². The summed E-state index contributed by atoms with van der Waals surface area (Å²) in [7, 11) is 0. The summed E-state index contributed by atoms with van der Waals surface area (Å²) in [5.41, 5.74) is 4.00. The van der Waals surface area contributed by atoms with Crippen molar-refractivity contribution in [1.82, 2.24) is 0 Å². The number of benzene rings is 2. The molecule has 0 unspecified atom stereocenters. The molecule has 0 atom stereocenters. The number of ketones is 1. The van der Waals surface area contributed by atoms with Crippen molar-refractivity contribution in [2.45, 2.75) is 19.7 Å². The molecule has 0 heterocycles. The molecule has 0 aliphatic heterocycles. The van der Waals surface area contributed by atoms with Gasteiger partial charge < -0.3 is 0 Å². The van der Waals surface area contributed by atoms with Gasteiger partial charge in [0, 0.05) is 0 Å². The van der Waals surface area contributed by atoms with Gasteiger partial charge in [0.25, 0.3) is 0 Å². The molecule has 3 heteroatoms. The van der Waals surface area contributed by atoms with Gasteiger partial charge in [-0.25, -0.2) is 0 Å². The third-order valence-electron chi connectivity index (χ3n) is 3.89. The molecule has 0 bridgehead atoms. The van der Waals surface area contributed by atoms with Crippen molar-refractivity contribution >= 4 is 39.5 Å². The van der Waals surface area contributed by atoms with E-state index in [-0.39, 0.29) is 5.78 Å². The molecule has 0 aromatic heterocycles. The zero-order valence-electron chi connectivity index (χ0n) is 12.3. The summed E-state index contributed by atoms with van der Waals surface area (Å²) in [6.07, 6.45) is 2.07. The maximum absolute atomic E-state index is 12.5. The second-order valence-electron chi connectivity index (χ2n) is 6.25. The average molecular weight is 389 g/mol. The first-order valence-corrected chi connectivity index (χ1v) is 18.0. The molecule has 102 valence electrons. The van der Waals surface area contributed by atoms with Crippen molar-refractivity contribution in [2.24, 2.45) is 0 Å². The van der Waals surface area contributed by atoms with Crippen molar-refractivity contribution in [1.29, 1.82) is 0 Å². The number of carbonyl (C=O) groups is 1. The Kier molecular flexibility index (Phi) is 3.49. The molecule has 0 N–H and O–H groups in total. The van der Waals surface area contributed by atoms with Crippen LogP contribution in [-0.4, -0.2) is 30.4 Å². The first kappa shape index (κ1) is 14.2. The molecule has 0 saturated heterocycles. The quantitative estimate of drug-likeness (QED) is 0.484. The van der Waals surface area contributed by atoms with Gasteiger partial charge in [-0.1, -0.05) is 0 Å². The SMILES string of the molecule is CSc1ccc2c(c1)-c1c[c]([Sn]([CH3])([CH3])[CH3])ccc1C2=O. The van der Waals surface area contributed by atoms with E-state index in [4.69, 9.17) is 0 Å². The fourth-order valence-electron chi connectivity index (χ4n) is 2.65. The number of hydrogen-bond acceptors (Lipinski definition) is 2. The molecule has 1 aliphatic carbocycles. The zero-order valence-corrected chi connectivity index (χ0v) is 16.0. The van der Waals surface area contributed by atoms with Gasteiger partial charge in [0.05, 0.1) is 0 Å². The Morgan fingerprint density at radius 1 is 0.850 bits per heavy atom. The van der Waals surface area contributed by atoms with Gasteiger partial charge in [-0.2, -0.15) is 0 Å². The van der Waals surface area contributed by atoms with Crippen molar-refractivity contribution in [3.63, 3.8) is 0 Å². The van der Waals surface area contributed by atoms with Crippen molar-refractivity contribution < 1.29 is 4.79 Å². The van der Waals surface area contributed by atoms with Crippen LogP contribution in [0.4, 0.5) is 0 Å². The van der Waals surface area contributed by atoms with Gasteiger partial charge in [-0.05, 0) is 0 Å². The molecule has 2 aromatic rings. The van der Waals surface area contributed by atoms with E-state index in [0.717, 1.165) is 22.3 Å². The van der Waals surface area contributed by atoms with Gasteiger partial charge in [0.2, 0.25) is 0 Å². The van der Waals surface area contributed by atoms with Crippen LogP contribution in [0.2, 0.25) is 14.8 Å². The van der Waals surface area contributed by atoms with E-state index in [1.54, 1.807) is 11.8 Å². The topological polar surface area (TPSA) is 17.1 Å². The van der Waals surface area contributed by atoms with Crippen LogP contribution in [0.5, 0.6) is 0 Å². The number of rotatable bonds is 2. The summed E-state index contributed by atoms with van der Waals surface area (Å²) in [5.74, 6) is 0.179. The third kappa shape index (κ3) is 2.23. The first-order chi connectivity index (χ1) is 9.41. The normalized spacial score (nSPS) is 13.3. The average Bonchev–Trinajstić information content (AvgIpc) is 2.70. The monoisotopic (exact) mass is 390 g/mol. The summed E-state index contributed by atoms with van der Waals surface area (Å²) >= 11 is -0.379. The van der Waals surface area contributed by atoms with Crippen LogP contribution in [0.1, 0.15) is 15.9 Å². The predicted molar refractivity (Wildman–Crippen MR) is 90.1 cm³/mol. The number of thioether (sulfide) groups is 1. The Morgan fingerprint density at radius 2 is 1.45 bits per heavy atom. The maximum atomic E-state index is 12.5. The standard InChI is InChI=1S/C14H9OS.3CH3.Sn/c1-16-9-6-7-12-13(8-9)10-4-2-3-5-11(10)14(12)15;;;;/h3-8H,1H3;3*1H3;. The molecular formula is C17H18OSSn. The molecule has 3 rings (SSSR count). The number of fused-ring (bicyclic) bond motifs is 3. The number of carbonyl (C=O) groups excluding carboxylic acids is 1. The fourth-order valence-corrected chi connectivity index (χ4v) is 6.40. The van der Waals surface area contributed by atoms with Crippen LogP contribution in [0.3, 0.4) is 0 Å². The summed E-state index contributed by atoms with van der Waals surface area (Å²) in [6.45, 7) is 0. The van der Waals surface area contributed by atoms with Gasteiger partial charge in [0.1, 0.15) is 0 Å². The third-order valence-corrected chi connectivity index (χ3v) is 10.4. The van der Waals surface area contributed by atoms with E-state index in [2.05, 4.69) is 39.3 Å². The van der Waals surface area contributed by atoms with Gasteiger partial charge >= 0.3 is 129 Å². The van der Waals surface area contributed by atoms with Crippen LogP contribution < -0.4 is 3.58 Å². The molecule has 2 aromatic carbocycles. The Balaban J connectivity index is 2.24. The first-order valence-electron chi connectivity index (χ1n) is 6.79. The van der Waals surface area contributed by atoms with E-state index in [1.807, 2.05) is 18.2 Å². The van der Waals surface area contributed by atoms with E-state index in [0.29, 0.717) is 0 Å². The Bertz CT molecular complexity index is 713. The Hall–Kier alpha value is -0.741. The van der Waals surface area contributed by atoms with Gasteiger partial charge in [-0.15, -0.1) is 0 Å². The van der Waals surface area contributed by atoms with E-state index < -0.39 is 18.4 Å². The predicted octanol–water partition coefficient (Wildman–Crippen LogP) is 4.17. The molecule has 0 saturated carbocycles. The van der Waals surface area contributed by atoms with Crippen LogP contribution in [0, 0.1) is 0 Å². The second-order valence-corrected chi connectivity index (χ2v) is 21.6. The van der Waals surface area contributed by atoms with E-state index in [9.17, 15) is 4.79 Å². The Morgan fingerprint density at radius 3 is 2.05 bits per heavy atom. The Labute approximate surface area is 128 Å². The van der Waals surface area contributed by atoms with Crippen LogP contribution in [0.25, 0.3) is 11.1 Å². The molecule has 0 radical (unpaired) electrons. The minimum absolute atomic E-state index is 0.179. The van der Waals surface area contributed by atoms with Crippen molar-refractivity contribution in [3.05, 3.63) is 47.5 Å². The van der Waals surface area contributed by atoms with E-state index in [1.165, 1.54) is 8.47 Å². The molecule has 0 fully saturated rings. The van der Waals surface area contributed by atoms with Crippen molar-refractivity contribution in [3.8, 4) is 11.1 Å². The van der Waals surface area contributed by atoms with E-state index >= 15 is 0 Å². The fraction of sp³-hybridized carbons (Fsp3) is 0.235. The second kappa shape index (κ2) is 4.92. The molecule has 1 aliphatic rings. The van der Waals surface area contributed by atoms with Gasteiger partial charge in [-0.3, -0.25) is 0 Å². The van der Waals surface area contributed by atoms with Gasteiger partial charge in [0.15, 0.2) is 0 Å². The minimum atomic E-state index is -2.10. The zero-order chi connectivity index (χ0) is 14.5. The molecule has 0 spiro atoms. The summed E-state index contributed by atoms with van der Waals surface area (Å²) in [5, 5.41) is 0. The number of hydrogen-bond donors (Lipinski definition) is 0. The van der Waals surface area contributed by atoms with Crippen molar-refractivity contribution in [2.75, 3.05) is 6.26 Å². The molecule has 0 amide bonds. The van der Waals surface area contributed by atoms with Crippen LogP contribution in [-0.2, 0) is 0 Å². The molecular weight excluding hydrogens is 371 g/mol. The summed E-state index contributed by atoms with van der Waals surface area (Å²) in [6, 6.07) is 12.7. The summed E-state index contributed by atoms with van der Waals surface area (Å²) < 4.78 is 1.48. The molecule has 20 heavy (non-hydrogen) atoms. The van der Waals surface area contributed by atoms with Crippen LogP contribution in [0.15, 0.2) is 41.3 Å². The summed E-state index contributed by atoms with van der Waals surface area (Å²) in [4.78, 5) is 20.9.